The molecular weight excluding hydrogens is 230 g/mol. The van der Waals surface area contributed by atoms with Gasteiger partial charge < -0.3 is 14.8 Å². The Labute approximate surface area is 107 Å². The van der Waals surface area contributed by atoms with Gasteiger partial charge in [0.15, 0.2) is 17.3 Å². The van der Waals surface area contributed by atoms with Gasteiger partial charge in [0.25, 0.3) is 0 Å². The summed E-state index contributed by atoms with van der Waals surface area (Å²) in [6.07, 6.45) is 2.47. The highest BCUT2D eigenvalue weighted by Gasteiger charge is 2.12. The summed E-state index contributed by atoms with van der Waals surface area (Å²) in [6, 6.07) is 5.95. The number of carbonyl (C=O) groups is 1. The molecular formula is C14H17NO3. The largest absolute Gasteiger partial charge is 0.454 e. The third kappa shape index (κ3) is 3.26. The Kier molecular flexibility index (Phi) is 3.87. The first kappa shape index (κ1) is 12.5. The second-order valence-electron chi connectivity index (χ2n) is 4.30. The molecule has 1 heterocycles. The van der Waals surface area contributed by atoms with Crippen molar-refractivity contribution in [3.8, 4) is 11.5 Å². The Morgan fingerprint density at radius 1 is 1.33 bits per heavy atom. The zero-order chi connectivity index (χ0) is 13.0. The van der Waals surface area contributed by atoms with Crippen LogP contribution in [0.5, 0.6) is 11.5 Å². The molecule has 0 saturated carbocycles. The van der Waals surface area contributed by atoms with Crippen LogP contribution in [0.3, 0.4) is 0 Å². The van der Waals surface area contributed by atoms with Crippen LogP contribution in [-0.4, -0.2) is 19.1 Å². The van der Waals surface area contributed by atoms with Crippen LogP contribution in [0.4, 0.5) is 0 Å². The smallest absolute Gasteiger partial charge is 0.231 e. The zero-order valence-electron chi connectivity index (χ0n) is 10.7. The summed E-state index contributed by atoms with van der Waals surface area (Å²) >= 11 is 0. The standard InChI is InChI=1S/C14H17NO3/c1-10(7-11(2)16)15-6-5-12-3-4-13-14(8-12)18-9-17-13/h3-4,7-8,15H,5-6,9H2,1-2H3/b10-7-. The molecule has 18 heavy (non-hydrogen) atoms. The molecule has 0 radical (unpaired) electrons. The predicted octanol–water partition coefficient (Wildman–Crippen LogP) is 2.04. The van der Waals surface area contributed by atoms with Crippen LogP contribution in [0.2, 0.25) is 0 Å². The van der Waals surface area contributed by atoms with E-state index in [1.807, 2.05) is 25.1 Å². The van der Waals surface area contributed by atoms with Crippen LogP contribution in [-0.2, 0) is 11.2 Å². The van der Waals surface area contributed by atoms with E-state index >= 15 is 0 Å². The van der Waals surface area contributed by atoms with Crippen molar-refractivity contribution in [3.05, 3.63) is 35.5 Å². The zero-order valence-corrected chi connectivity index (χ0v) is 10.7. The van der Waals surface area contributed by atoms with Gasteiger partial charge in [-0.2, -0.15) is 0 Å². The van der Waals surface area contributed by atoms with E-state index in [0.29, 0.717) is 6.79 Å². The molecule has 0 saturated heterocycles. The Bertz CT molecular complexity index is 480. The molecule has 1 aromatic carbocycles. The average molecular weight is 247 g/mol. The lowest BCUT2D eigenvalue weighted by Gasteiger charge is -2.06. The quantitative estimate of drug-likeness (QED) is 0.809. The van der Waals surface area contributed by atoms with Crippen LogP contribution in [0.25, 0.3) is 0 Å². The number of ketones is 1. The van der Waals surface area contributed by atoms with Crippen molar-refractivity contribution >= 4 is 5.78 Å². The van der Waals surface area contributed by atoms with Crippen molar-refractivity contribution in [2.45, 2.75) is 20.3 Å². The summed E-state index contributed by atoms with van der Waals surface area (Å²) in [6.45, 7) is 4.52. The monoisotopic (exact) mass is 247 g/mol. The fraction of sp³-hybridized carbons (Fsp3) is 0.357. The number of benzene rings is 1. The van der Waals surface area contributed by atoms with Gasteiger partial charge in [0.1, 0.15) is 0 Å². The molecule has 0 atom stereocenters. The molecule has 0 aliphatic carbocycles. The molecule has 0 amide bonds. The van der Waals surface area contributed by atoms with Crippen LogP contribution in [0, 0.1) is 0 Å². The number of carbonyl (C=O) groups excluding carboxylic acids is 1. The minimum Gasteiger partial charge on any atom is -0.454 e. The van der Waals surface area contributed by atoms with E-state index in [1.54, 1.807) is 13.0 Å². The molecule has 1 aliphatic rings. The van der Waals surface area contributed by atoms with Gasteiger partial charge in [0.05, 0.1) is 0 Å². The van der Waals surface area contributed by atoms with E-state index < -0.39 is 0 Å². The lowest BCUT2D eigenvalue weighted by atomic mass is 10.1. The molecule has 0 bridgehead atoms. The van der Waals surface area contributed by atoms with Crippen molar-refractivity contribution in [3.63, 3.8) is 0 Å². The first-order valence-electron chi connectivity index (χ1n) is 5.96. The van der Waals surface area contributed by atoms with Gasteiger partial charge in [-0.3, -0.25) is 4.79 Å². The van der Waals surface area contributed by atoms with E-state index in [4.69, 9.17) is 9.47 Å². The first-order chi connectivity index (χ1) is 8.65. The highest BCUT2D eigenvalue weighted by molar-refractivity contribution is 5.87. The second kappa shape index (κ2) is 5.58. The Balaban J connectivity index is 1.86. The summed E-state index contributed by atoms with van der Waals surface area (Å²) in [5, 5.41) is 3.20. The van der Waals surface area contributed by atoms with Crippen molar-refractivity contribution in [2.75, 3.05) is 13.3 Å². The minimum atomic E-state index is 0.0584. The predicted molar refractivity (Wildman–Crippen MR) is 68.7 cm³/mol. The first-order valence-corrected chi connectivity index (χ1v) is 5.96. The topological polar surface area (TPSA) is 47.6 Å². The lowest BCUT2D eigenvalue weighted by Crippen LogP contribution is -2.15. The summed E-state index contributed by atoms with van der Waals surface area (Å²) < 4.78 is 10.6. The normalized spacial score (nSPS) is 13.6. The summed E-state index contributed by atoms with van der Waals surface area (Å²) in [5.74, 6) is 1.67. The molecule has 1 aliphatic heterocycles. The summed E-state index contributed by atoms with van der Waals surface area (Å²) in [5.41, 5.74) is 2.07. The third-order valence-electron chi connectivity index (χ3n) is 2.67. The number of hydrogen-bond donors (Lipinski definition) is 1. The van der Waals surface area contributed by atoms with Crippen LogP contribution < -0.4 is 14.8 Å². The maximum Gasteiger partial charge on any atom is 0.231 e. The molecule has 4 nitrogen and oxygen atoms in total. The molecule has 0 fully saturated rings. The highest BCUT2D eigenvalue weighted by atomic mass is 16.7. The van der Waals surface area contributed by atoms with E-state index in [1.165, 1.54) is 5.56 Å². The number of hydrogen-bond acceptors (Lipinski definition) is 4. The SMILES string of the molecule is CC(=O)/C=C(/C)NCCc1ccc2c(c1)OCO2. The Hall–Kier alpha value is -1.97. The van der Waals surface area contributed by atoms with Crippen molar-refractivity contribution in [1.82, 2.24) is 5.32 Å². The maximum atomic E-state index is 10.9. The van der Waals surface area contributed by atoms with Crippen LogP contribution >= 0.6 is 0 Å². The van der Waals surface area contributed by atoms with Crippen LogP contribution in [0.15, 0.2) is 30.0 Å². The Morgan fingerprint density at radius 2 is 2.11 bits per heavy atom. The number of ether oxygens (including phenoxy) is 2. The van der Waals surface area contributed by atoms with E-state index in [9.17, 15) is 4.79 Å². The van der Waals surface area contributed by atoms with Gasteiger partial charge >= 0.3 is 0 Å². The van der Waals surface area contributed by atoms with Gasteiger partial charge in [0, 0.05) is 12.2 Å². The summed E-state index contributed by atoms with van der Waals surface area (Å²) in [4.78, 5) is 10.9. The van der Waals surface area contributed by atoms with Gasteiger partial charge in [0.2, 0.25) is 6.79 Å². The lowest BCUT2D eigenvalue weighted by molar-refractivity contribution is -0.112. The molecule has 0 aromatic heterocycles. The molecule has 2 rings (SSSR count). The average Bonchev–Trinajstić information content (AvgIpc) is 2.75. The van der Waals surface area contributed by atoms with Crippen molar-refractivity contribution in [2.24, 2.45) is 0 Å². The highest BCUT2D eigenvalue weighted by Crippen LogP contribution is 2.32. The molecule has 0 unspecified atom stereocenters. The molecule has 1 N–H and O–H groups in total. The fourth-order valence-corrected chi connectivity index (χ4v) is 1.86. The second-order valence-corrected chi connectivity index (χ2v) is 4.30. The number of allylic oxidation sites excluding steroid dienone is 2. The fourth-order valence-electron chi connectivity index (χ4n) is 1.86. The van der Waals surface area contributed by atoms with E-state index in [-0.39, 0.29) is 5.78 Å². The van der Waals surface area contributed by atoms with Crippen molar-refractivity contribution in [1.29, 1.82) is 0 Å². The van der Waals surface area contributed by atoms with Gasteiger partial charge in [-0.25, -0.2) is 0 Å². The molecule has 0 spiro atoms. The minimum absolute atomic E-state index is 0.0584. The van der Waals surface area contributed by atoms with Gasteiger partial charge in [-0.05, 0) is 44.0 Å². The number of fused-ring (bicyclic) bond motifs is 1. The van der Waals surface area contributed by atoms with Gasteiger partial charge in [-0.15, -0.1) is 0 Å². The van der Waals surface area contributed by atoms with Crippen LogP contribution in [0.1, 0.15) is 19.4 Å². The molecule has 1 aromatic rings. The number of rotatable bonds is 5. The van der Waals surface area contributed by atoms with Crippen molar-refractivity contribution < 1.29 is 14.3 Å². The molecule has 96 valence electrons. The van der Waals surface area contributed by atoms with E-state index in [2.05, 4.69) is 5.32 Å². The molecule has 4 heteroatoms. The Morgan fingerprint density at radius 3 is 2.89 bits per heavy atom. The number of nitrogens with one attached hydrogen (secondary N) is 1. The summed E-state index contributed by atoms with van der Waals surface area (Å²) in [7, 11) is 0. The van der Waals surface area contributed by atoms with E-state index in [0.717, 1.165) is 30.2 Å². The maximum absolute atomic E-state index is 10.9. The van der Waals surface area contributed by atoms with Gasteiger partial charge in [-0.1, -0.05) is 6.07 Å². The third-order valence-corrected chi connectivity index (χ3v) is 2.67.